The van der Waals surface area contributed by atoms with E-state index in [2.05, 4.69) is 15.6 Å². The molecule has 4 nitrogen and oxygen atoms in total. The molecule has 1 N–H and O–H groups in total. The molecule has 1 aliphatic heterocycles. The first kappa shape index (κ1) is 8.62. The summed E-state index contributed by atoms with van der Waals surface area (Å²) < 4.78 is 15.5. The Labute approximate surface area is 76.1 Å². The van der Waals surface area contributed by atoms with Crippen LogP contribution >= 0.6 is 0 Å². The number of rotatable bonds is 3. The van der Waals surface area contributed by atoms with Crippen molar-refractivity contribution in [3.05, 3.63) is 11.9 Å². The average molecular weight is 184 g/mol. The van der Waals surface area contributed by atoms with Crippen LogP contribution in [0.15, 0.2) is 6.20 Å². The van der Waals surface area contributed by atoms with E-state index in [9.17, 15) is 4.39 Å². The highest BCUT2D eigenvalue weighted by molar-refractivity contribution is 5.14. The van der Waals surface area contributed by atoms with Gasteiger partial charge in [-0.3, -0.25) is 0 Å². The van der Waals surface area contributed by atoms with Gasteiger partial charge in [0.2, 0.25) is 0 Å². The van der Waals surface area contributed by atoms with Crippen LogP contribution in [0.25, 0.3) is 0 Å². The smallest absolute Gasteiger partial charge is 0.178 e. The van der Waals surface area contributed by atoms with Crippen molar-refractivity contribution in [2.45, 2.75) is 25.6 Å². The number of aryl methyl sites for hydroxylation is 1. The minimum Gasteiger partial charge on any atom is -0.309 e. The van der Waals surface area contributed by atoms with Crippen molar-refractivity contribution in [3.63, 3.8) is 0 Å². The van der Waals surface area contributed by atoms with Crippen molar-refractivity contribution in [3.8, 4) is 0 Å². The second-order valence-corrected chi connectivity index (χ2v) is 3.41. The lowest BCUT2D eigenvalue weighted by molar-refractivity contribution is 0.0779. The zero-order chi connectivity index (χ0) is 9.31. The predicted molar refractivity (Wildman–Crippen MR) is 46.0 cm³/mol. The fourth-order valence-electron chi connectivity index (χ4n) is 1.51. The zero-order valence-corrected chi connectivity index (χ0v) is 7.63. The Balaban J connectivity index is 2.23. The van der Waals surface area contributed by atoms with E-state index in [1.807, 2.05) is 6.92 Å². The number of alkyl halides is 1. The van der Waals surface area contributed by atoms with Crippen molar-refractivity contribution in [1.29, 1.82) is 0 Å². The van der Waals surface area contributed by atoms with E-state index in [1.54, 1.807) is 4.68 Å². The number of hydrogen-bond acceptors (Lipinski definition) is 3. The van der Waals surface area contributed by atoms with Gasteiger partial charge in [-0.2, -0.15) is 0 Å². The first-order chi connectivity index (χ1) is 6.26. The number of nitrogens with zero attached hydrogens (tertiary/aromatic N) is 3. The van der Waals surface area contributed by atoms with Crippen molar-refractivity contribution in [2.75, 3.05) is 13.1 Å². The Bertz CT molecular complexity index is 292. The standard InChI is InChI=1S/C8H13FN4/c1-2-3-13-7(4-11-12-13)8(9)5-10-6-8/h4,10H,2-3,5-6H2,1H3. The van der Waals surface area contributed by atoms with E-state index in [4.69, 9.17) is 0 Å². The van der Waals surface area contributed by atoms with Gasteiger partial charge in [-0.1, -0.05) is 12.1 Å². The monoisotopic (exact) mass is 184 g/mol. The first-order valence-electron chi connectivity index (χ1n) is 4.55. The van der Waals surface area contributed by atoms with Crippen molar-refractivity contribution in [2.24, 2.45) is 0 Å². The molecule has 1 aromatic heterocycles. The molecule has 2 heterocycles. The highest BCUT2D eigenvalue weighted by Crippen LogP contribution is 2.29. The van der Waals surface area contributed by atoms with Gasteiger partial charge in [0.05, 0.1) is 11.9 Å². The molecule has 1 fully saturated rings. The molecule has 0 spiro atoms. The van der Waals surface area contributed by atoms with Gasteiger partial charge in [-0.05, 0) is 6.42 Å². The zero-order valence-electron chi connectivity index (χ0n) is 7.63. The molecule has 1 saturated heterocycles. The normalized spacial score (nSPS) is 19.8. The van der Waals surface area contributed by atoms with Crippen LogP contribution in [0.4, 0.5) is 4.39 Å². The maximum Gasteiger partial charge on any atom is 0.178 e. The molecule has 0 saturated carbocycles. The summed E-state index contributed by atoms with van der Waals surface area (Å²) in [7, 11) is 0. The van der Waals surface area contributed by atoms with E-state index in [0.29, 0.717) is 18.8 Å². The summed E-state index contributed by atoms with van der Waals surface area (Å²) in [5, 5.41) is 10.5. The molecule has 2 rings (SSSR count). The van der Waals surface area contributed by atoms with E-state index in [-0.39, 0.29) is 0 Å². The van der Waals surface area contributed by atoms with E-state index in [0.717, 1.165) is 13.0 Å². The molecular formula is C8H13FN4. The third kappa shape index (κ3) is 1.33. The lowest BCUT2D eigenvalue weighted by Gasteiger charge is -2.34. The molecule has 1 aliphatic rings. The van der Waals surface area contributed by atoms with Gasteiger partial charge in [0.15, 0.2) is 5.67 Å². The highest BCUT2D eigenvalue weighted by atomic mass is 19.1. The molecular weight excluding hydrogens is 171 g/mol. The summed E-state index contributed by atoms with van der Waals surface area (Å²) >= 11 is 0. The number of nitrogens with one attached hydrogen (secondary N) is 1. The lowest BCUT2D eigenvalue weighted by Crippen LogP contribution is -2.54. The fourth-order valence-corrected chi connectivity index (χ4v) is 1.51. The quantitative estimate of drug-likeness (QED) is 0.742. The summed E-state index contributed by atoms with van der Waals surface area (Å²) in [5.41, 5.74) is -0.633. The maximum atomic E-state index is 13.9. The summed E-state index contributed by atoms with van der Waals surface area (Å²) in [5.74, 6) is 0. The van der Waals surface area contributed by atoms with E-state index >= 15 is 0 Å². The van der Waals surface area contributed by atoms with Crippen LogP contribution in [0.1, 0.15) is 19.0 Å². The van der Waals surface area contributed by atoms with Crippen LogP contribution in [0, 0.1) is 0 Å². The van der Waals surface area contributed by atoms with Crippen LogP contribution in [0.3, 0.4) is 0 Å². The lowest BCUT2D eigenvalue weighted by atomic mass is 9.96. The molecule has 13 heavy (non-hydrogen) atoms. The summed E-state index contributed by atoms with van der Waals surface area (Å²) in [6.07, 6.45) is 2.47. The van der Waals surface area contributed by atoms with Gasteiger partial charge < -0.3 is 5.32 Å². The molecule has 0 radical (unpaired) electrons. The van der Waals surface area contributed by atoms with Crippen LogP contribution < -0.4 is 5.32 Å². The van der Waals surface area contributed by atoms with Crippen molar-refractivity contribution < 1.29 is 4.39 Å². The molecule has 0 bridgehead atoms. The van der Waals surface area contributed by atoms with Gasteiger partial charge in [-0.25, -0.2) is 9.07 Å². The molecule has 5 heteroatoms. The number of aromatic nitrogens is 3. The van der Waals surface area contributed by atoms with Gasteiger partial charge in [0, 0.05) is 19.6 Å². The predicted octanol–water partition coefficient (Wildman–Crippen LogP) is 0.456. The van der Waals surface area contributed by atoms with Gasteiger partial charge >= 0.3 is 0 Å². The van der Waals surface area contributed by atoms with E-state index < -0.39 is 5.67 Å². The number of hydrogen-bond donors (Lipinski definition) is 1. The van der Waals surface area contributed by atoms with Crippen LogP contribution in [-0.4, -0.2) is 28.1 Å². The van der Waals surface area contributed by atoms with Crippen LogP contribution in [0.5, 0.6) is 0 Å². The third-order valence-corrected chi connectivity index (χ3v) is 2.32. The molecule has 0 aromatic carbocycles. The van der Waals surface area contributed by atoms with Crippen LogP contribution in [-0.2, 0) is 12.2 Å². The van der Waals surface area contributed by atoms with Crippen molar-refractivity contribution in [1.82, 2.24) is 20.3 Å². The number of halogens is 1. The average Bonchev–Trinajstić information content (AvgIpc) is 2.49. The fraction of sp³-hybridized carbons (Fsp3) is 0.750. The minimum absolute atomic E-state index is 0.379. The Kier molecular flexibility index (Phi) is 2.03. The second-order valence-electron chi connectivity index (χ2n) is 3.41. The van der Waals surface area contributed by atoms with Gasteiger partial charge in [-0.15, -0.1) is 5.10 Å². The molecule has 0 aliphatic carbocycles. The Morgan fingerprint density at radius 2 is 2.46 bits per heavy atom. The molecule has 1 aromatic rings. The molecule has 0 atom stereocenters. The Morgan fingerprint density at radius 3 is 3.00 bits per heavy atom. The first-order valence-corrected chi connectivity index (χ1v) is 4.55. The van der Waals surface area contributed by atoms with Gasteiger partial charge in [0.25, 0.3) is 0 Å². The molecule has 0 amide bonds. The molecule has 72 valence electrons. The SMILES string of the molecule is CCCn1nncc1C1(F)CNC1. The third-order valence-electron chi connectivity index (χ3n) is 2.32. The van der Waals surface area contributed by atoms with Crippen LogP contribution in [0.2, 0.25) is 0 Å². The van der Waals surface area contributed by atoms with E-state index in [1.165, 1.54) is 6.20 Å². The van der Waals surface area contributed by atoms with Gasteiger partial charge in [0.1, 0.15) is 0 Å². The minimum atomic E-state index is -1.24. The highest BCUT2D eigenvalue weighted by Gasteiger charge is 2.41. The topological polar surface area (TPSA) is 42.7 Å². The summed E-state index contributed by atoms with van der Waals surface area (Å²) in [6.45, 7) is 3.53. The largest absolute Gasteiger partial charge is 0.309 e. The van der Waals surface area contributed by atoms with Crippen molar-refractivity contribution >= 4 is 0 Å². The molecule has 0 unspecified atom stereocenters. The second kappa shape index (κ2) is 3.06. The Hall–Kier alpha value is -0.970. The summed E-state index contributed by atoms with van der Waals surface area (Å²) in [6, 6.07) is 0. The maximum absolute atomic E-state index is 13.9. The Morgan fingerprint density at radius 1 is 1.69 bits per heavy atom. The summed E-state index contributed by atoms with van der Waals surface area (Å²) in [4.78, 5) is 0.